The number of rotatable bonds is 9. The van der Waals surface area contributed by atoms with Crippen molar-refractivity contribution in [1.29, 1.82) is 0 Å². The SMILES string of the molecule is Cc1cccc(C)c1OCCNC(=O)c1cccc(NC(=O)CCn2ccnc2)c1. The van der Waals surface area contributed by atoms with Crippen LogP contribution in [0.4, 0.5) is 5.69 Å². The first-order valence-electron chi connectivity index (χ1n) is 9.86. The van der Waals surface area contributed by atoms with Crippen LogP contribution in [0.2, 0.25) is 0 Å². The highest BCUT2D eigenvalue weighted by Gasteiger charge is 2.09. The largest absolute Gasteiger partial charge is 0.491 e. The maximum absolute atomic E-state index is 12.4. The molecule has 0 unspecified atom stereocenters. The first kappa shape index (κ1) is 21.1. The zero-order valence-corrected chi connectivity index (χ0v) is 17.2. The highest BCUT2D eigenvalue weighted by molar-refractivity contribution is 5.97. The van der Waals surface area contributed by atoms with E-state index in [-0.39, 0.29) is 11.8 Å². The molecule has 0 aliphatic rings. The third kappa shape index (κ3) is 5.94. The summed E-state index contributed by atoms with van der Waals surface area (Å²) in [6.07, 6.45) is 5.47. The molecule has 3 aromatic rings. The van der Waals surface area contributed by atoms with E-state index in [0.29, 0.717) is 37.4 Å². The third-order valence-electron chi connectivity index (χ3n) is 4.61. The number of carbonyl (C=O) groups excluding carboxylic acids is 2. The number of aryl methyl sites for hydroxylation is 3. The fourth-order valence-corrected chi connectivity index (χ4v) is 3.06. The first-order valence-corrected chi connectivity index (χ1v) is 9.86. The highest BCUT2D eigenvalue weighted by atomic mass is 16.5. The molecule has 7 heteroatoms. The Kier molecular flexibility index (Phi) is 7.21. The van der Waals surface area contributed by atoms with Gasteiger partial charge in [0.1, 0.15) is 12.4 Å². The number of carbonyl (C=O) groups is 2. The molecule has 0 saturated carbocycles. The number of aromatic nitrogens is 2. The number of imidazole rings is 1. The van der Waals surface area contributed by atoms with Crippen molar-refractivity contribution in [2.24, 2.45) is 0 Å². The second-order valence-corrected chi connectivity index (χ2v) is 7.00. The van der Waals surface area contributed by atoms with E-state index in [2.05, 4.69) is 15.6 Å². The molecule has 2 amide bonds. The van der Waals surface area contributed by atoms with Crippen molar-refractivity contribution in [3.05, 3.63) is 77.9 Å². The zero-order chi connectivity index (χ0) is 21.3. The molecule has 1 heterocycles. The van der Waals surface area contributed by atoms with E-state index in [4.69, 9.17) is 4.74 Å². The van der Waals surface area contributed by atoms with Gasteiger partial charge in [0.25, 0.3) is 5.91 Å². The summed E-state index contributed by atoms with van der Waals surface area (Å²) >= 11 is 0. The molecule has 2 aromatic carbocycles. The van der Waals surface area contributed by atoms with Crippen LogP contribution in [-0.4, -0.2) is 34.5 Å². The van der Waals surface area contributed by atoms with Crippen molar-refractivity contribution < 1.29 is 14.3 Å². The van der Waals surface area contributed by atoms with Gasteiger partial charge in [-0.15, -0.1) is 0 Å². The molecule has 0 bridgehead atoms. The Labute approximate surface area is 176 Å². The Bertz CT molecular complexity index is 979. The molecular weight excluding hydrogens is 380 g/mol. The van der Waals surface area contributed by atoms with Crippen molar-refractivity contribution in [2.45, 2.75) is 26.8 Å². The van der Waals surface area contributed by atoms with Gasteiger partial charge in [-0.2, -0.15) is 0 Å². The lowest BCUT2D eigenvalue weighted by Crippen LogP contribution is -2.28. The minimum Gasteiger partial charge on any atom is -0.491 e. The van der Waals surface area contributed by atoms with Gasteiger partial charge in [0.05, 0.1) is 12.9 Å². The number of nitrogens with zero attached hydrogens (tertiary/aromatic N) is 2. The summed E-state index contributed by atoms with van der Waals surface area (Å²) in [5, 5.41) is 5.67. The van der Waals surface area contributed by atoms with Crippen LogP contribution in [0.25, 0.3) is 0 Å². The van der Waals surface area contributed by atoms with Crippen LogP contribution in [0.1, 0.15) is 27.9 Å². The minimum atomic E-state index is -0.213. The molecule has 3 rings (SSSR count). The predicted molar refractivity (Wildman–Crippen MR) is 116 cm³/mol. The van der Waals surface area contributed by atoms with E-state index in [9.17, 15) is 9.59 Å². The van der Waals surface area contributed by atoms with Gasteiger partial charge in [0.2, 0.25) is 5.91 Å². The second-order valence-electron chi connectivity index (χ2n) is 7.00. The molecule has 156 valence electrons. The van der Waals surface area contributed by atoms with Crippen LogP contribution in [0, 0.1) is 13.8 Å². The lowest BCUT2D eigenvalue weighted by molar-refractivity contribution is -0.116. The topological polar surface area (TPSA) is 85.3 Å². The molecule has 1 aromatic heterocycles. The minimum absolute atomic E-state index is 0.122. The summed E-state index contributed by atoms with van der Waals surface area (Å²) in [5.74, 6) is 0.519. The molecule has 0 aliphatic carbocycles. The van der Waals surface area contributed by atoms with Gasteiger partial charge in [-0.1, -0.05) is 24.3 Å². The van der Waals surface area contributed by atoms with Gasteiger partial charge < -0.3 is 19.9 Å². The van der Waals surface area contributed by atoms with Crippen LogP contribution < -0.4 is 15.4 Å². The van der Waals surface area contributed by atoms with Crippen LogP contribution in [0.15, 0.2) is 61.2 Å². The standard InChI is InChI=1S/C23H26N4O3/c1-17-5-3-6-18(2)22(17)30-14-11-25-23(29)19-7-4-8-20(15-19)26-21(28)9-12-27-13-10-24-16-27/h3-8,10,13,15-16H,9,11-12,14H2,1-2H3,(H,25,29)(H,26,28). The van der Waals surface area contributed by atoms with Crippen molar-refractivity contribution >= 4 is 17.5 Å². The lowest BCUT2D eigenvalue weighted by Gasteiger charge is -2.12. The number of hydrogen-bond acceptors (Lipinski definition) is 4. The van der Waals surface area contributed by atoms with Gasteiger partial charge in [-0.3, -0.25) is 9.59 Å². The number of amides is 2. The molecule has 7 nitrogen and oxygen atoms in total. The Morgan fingerprint density at radius 3 is 2.60 bits per heavy atom. The average Bonchev–Trinajstić information content (AvgIpc) is 3.25. The number of para-hydroxylation sites is 1. The van der Waals surface area contributed by atoms with Gasteiger partial charge in [-0.25, -0.2) is 4.98 Å². The summed E-state index contributed by atoms with van der Waals surface area (Å²) in [4.78, 5) is 28.5. The predicted octanol–water partition coefficient (Wildman–Crippen LogP) is 3.34. The maximum atomic E-state index is 12.4. The summed E-state index contributed by atoms with van der Waals surface area (Å²) in [6, 6.07) is 12.9. The van der Waals surface area contributed by atoms with E-state index >= 15 is 0 Å². The smallest absolute Gasteiger partial charge is 0.251 e. The van der Waals surface area contributed by atoms with Gasteiger partial charge in [0, 0.05) is 36.6 Å². The molecule has 0 atom stereocenters. The van der Waals surface area contributed by atoms with Crippen LogP contribution >= 0.6 is 0 Å². The van der Waals surface area contributed by atoms with Gasteiger partial charge in [0.15, 0.2) is 0 Å². The van der Waals surface area contributed by atoms with Crippen LogP contribution in [-0.2, 0) is 11.3 Å². The van der Waals surface area contributed by atoms with Crippen LogP contribution in [0.3, 0.4) is 0 Å². The van der Waals surface area contributed by atoms with Gasteiger partial charge >= 0.3 is 0 Å². The summed E-state index contributed by atoms with van der Waals surface area (Å²) < 4.78 is 7.65. The number of hydrogen-bond donors (Lipinski definition) is 2. The quantitative estimate of drug-likeness (QED) is 0.534. The van der Waals surface area contributed by atoms with Crippen molar-refractivity contribution in [3.8, 4) is 5.75 Å². The van der Waals surface area contributed by atoms with E-state index in [1.54, 1.807) is 36.8 Å². The fourth-order valence-electron chi connectivity index (χ4n) is 3.06. The van der Waals surface area contributed by atoms with E-state index in [0.717, 1.165) is 16.9 Å². The Morgan fingerprint density at radius 2 is 1.87 bits per heavy atom. The van der Waals surface area contributed by atoms with E-state index in [1.165, 1.54) is 0 Å². The monoisotopic (exact) mass is 406 g/mol. The molecule has 30 heavy (non-hydrogen) atoms. The average molecular weight is 406 g/mol. The van der Waals surface area contributed by atoms with E-state index < -0.39 is 0 Å². The molecule has 2 N–H and O–H groups in total. The number of anilines is 1. The molecular formula is C23H26N4O3. The fraction of sp³-hybridized carbons (Fsp3) is 0.261. The second kappa shape index (κ2) is 10.2. The summed E-state index contributed by atoms with van der Waals surface area (Å²) in [7, 11) is 0. The number of benzene rings is 2. The van der Waals surface area contributed by atoms with Crippen molar-refractivity contribution in [1.82, 2.24) is 14.9 Å². The molecule has 0 aliphatic heterocycles. The molecule has 0 fully saturated rings. The zero-order valence-electron chi connectivity index (χ0n) is 17.2. The molecule has 0 saturated heterocycles. The van der Waals surface area contributed by atoms with Crippen molar-refractivity contribution in [3.63, 3.8) is 0 Å². The summed E-state index contributed by atoms with van der Waals surface area (Å²) in [6.45, 7) is 5.30. The summed E-state index contributed by atoms with van der Waals surface area (Å²) in [5.41, 5.74) is 3.20. The Morgan fingerprint density at radius 1 is 1.10 bits per heavy atom. The third-order valence-corrected chi connectivity index (χ3v) is 4.61. The van der Waals surface area contributed by atoms with Gasteiger partial charge in [-0.05, 0) is 43.2 Å². The molecule has 0 spiro atoms. The van der Waals surface area contributed by atoms with E-state index in [1.807, 2.05) is 42.8 Å². The Hall–Kier alpha value is -3.61. The first-order chi connectivity index (χ1) is 14.5. The van der Waals surface area contributed by atoms with Crippen LogP contribution in [0.5, 0.6) is 5.75 Å². The number of ether oxygens (including phenoxy) is 1. The van der Waals surface area contributed by atoms with Crippen molar-refractivity contribution in [2.75, 3.05) is 18.5 Å². The number of nitrogens with one attached hydrogen (secondary N) is 2. The lowest BCUT2D eigenvalue weighted by atomic mass is 10.1. The maximum Gasteiger partial charge on any atom is 0.251 e. The Balaban J connectivity index is 1.46. The highest BCUT2D eigenvalue weighted by Crippen LogP contribution is 2.21. The molecule has 0 radical (unpaired) electrons. The normalized spacial score (nSPS) is 10.5.